The SMILES string of the molecule is CCNC(=NCCCCN1CCC(C(N)=O)CC1)Nc1ccc2c(c1)OCCCO2. The van der Waals surface area contributed by atoms with Crippen molar-refractivity contribution in [2.24, 2.45) is 16.6 Å². The van der Waals surface area contributed by atoms with Crippen molar-refractivity contribution < 1.29 is 14.3 Å². The summed E-state index contributed by atoms with van der Waals surface area (Å²) in [5.74, 6) is 2.24. The second kappa shape index (κ2) is 11.6. The molecule has 1 amide bonds. The van der Waals surface area contributed by atoms with Gasteiger partial charge >= 0.3 is 0 Å². The Morgan fingerprint density at radius 1 is 1.20 bits per heavy atom. The molecule has 4 N–H and O–H groups in total. The van der Waals surface area contributed by atoms with E-state index >= 15 is 0 Å². The molecule has 8 heteroatoms. The summed E-state index contributed by atoms with van der Waals surface area (Å²) in [5, 5.41) is 6.65. The third-order valence-electron chi connectivity index (χ3n) is 5.50. The van der Waals surface area contributed by atoms with E-state index < -0.39 is 0 Å². The van der Waals surface area contributed by atoms with E-state index in [2.05, 4.69) is 22.5 Å². The number of piperidine rings is 1. The minimum atomic E-state index is -0.152. The monoisotopic (exact) mass is 417 g/mol. The summed E-state index contributed by atoms with van der Waals surface area (Å²) < 4.78 is 11.5. The molecular weight excluding hydrogens is 382 g/mol. The number of amides is 1. The molecule has 166 valence electrons. The number of benzene rings is 1. The van der Waals surface area contributed by atoms with Gasteiger partial charge in [0.1, 0.15) is 0 Å². The molecule has 0 aromatic heterocycles. The molecule has 30 heavy (non-hydrogen) atoms. The lowest BCUT2D eigenvalue weighted by Crippen LogP contribution is -2.38. The van der Waals surface area contributed by atoms with E-state index in [1.165, 1.54) is 0 Å². The lowest BCUT2D eigenvalue weighted by molar-refractivity contribution is -0.123. The molecule has 0 aliphatic carbocycles. The molecule has 3 rings (SSSR count). The van der Waals surface area contributed by atoms with Gasteiger partial charge < -0.3 is 30.7 Å². The number of ether oxygens (including phenoxy) is 2. The number of anilines is 1. The predicted molar refractivity (Wildman–Crippen MR) is 119 cm³/mol. The Morgan fingerprint density at radius 3 is 2.70 bits per heavy atom. The van der Waals surface area contributed by atoms with Crippen LogP contribution in [-0.2, 0) is 4.79 Å². The quantitative estimate of drug-likeness (QED) is 0.341. The molecule has 0 unspecified atom stereocenters. The highest BCUT2D eigenvalue weighted by Crippen LogP contribution is 2.32. The van der Waals surface area contributed by atoms with Gasteiger partial charge in [-0.1, -0.05) is 0 Å². The zero-order valence-corrected chi connectivity index (χ0v) is 18.0. The molecule has 0 radical (unpaired) electrons. The molecule has 1 fully saturated rings. The normalized spacial score (nSPS) is 18.0. The van der Waals surface area contributed by atoms with Gasteiger partial charge in [0.25, 0.3) is 0 Å². The Labute approximate surface area is 179 Å². The third-order valence-corrected chi connectivity index (χ3v) is 5.50. The molecule has 2 aliphatic heterocycles. The van der Waals surface area contributed by atoms with Gasteiger partial charge in [-0.3, -0.25) is 9.79 Å². The number of carbonyl (C=O) groups excluding carboxylic acids is 1. The second-order valence-corrected chi connectivity index (χ2v) is 7.82. The van der Waals surface area contributed by atoms with E-state index in [0.29, 0.717) is 13.2 Å². The molecule has 8 nitrogen and oxygen atoms in total. The zero-order chi connectivity index (χ0) is 21.2. The van der Waals surface area contributed by atoms with E-state index in [1.54, 1.807) is 0 Å². The van der Waals surface area contributed by atoms with Crippen LogP contribution in [0.1, 0.15) is 39.0 Å². The summed E-state index contributed by atoms with van der Waals surface area (Å²) in [4.78, 5) is 18.4. The fourth-order valence-corrected chi connectivity index (χ4v) is 3.76. The number of nitrogens with zero attached hydrogens (tertiary/aromatic N) is 2. The van der Waals surface area contributed by atoms with Gasteiger partial charge in [0.05, 0.1) is 13.2 Å². The molecule has 2 heterocycles. The second-order valence-electron chi connectivity index (χ2n) is 7.82. The summed E-state index contributed by atoms with van der Waals surface area (Å²) in [7, 11) is 0. The highest BCUT2D eigenvalue weighted by Gasteiger charge is 2.22. The average Bonchev–Trinajstić information content (AvgIpc) is 2.99. The number of guanidine groups is 1. The van der Waals surface area contributed by atoms with Crippen LogP contribution < -0.4 is 25.8 Å². The molecule has 1 aromatic carbocycles. The maximum Gasteiger partial charge on any atom is 0.220 e. The van der Waals surface area contributed by atoms with Gasteiger partial charge in [0.2, 0.25) is 5.91 Å². The van der Waals surface area contributed by atoms with Crippen LogP contribution in [0.15, 0.2) is 23.2 Å². The van der Waals surface area contributed by atoms with Crippen molar-refractivity contribution in [1.82, 2.24) is 10.2 Å². The Kier molecular flexibility index (Phi) is 8.62. The Bertz CT molecular complexity index is 717. The first-order valence-corrected chi connectivity index (χ1v) is 11.1. The predicted octanol–water partition coefficient (Wildman–Crippen LogP) is 2.20. The number of primary amides is 1. The summed E-state index contributed by atoms with van der Waals surface area (Å²) in [5.41, 5.74) is 6.33. The maximum atomic E-state index is 11.3. The first-order valence-electron chi connectivity index (χ1n) is 11.1. The van der Waals surface area contributed by atoms with Crippen LogP contribution in [-0.4, -0.2) is 62.7 Å². The smallest absolute Gasteiger partial charge is 0.220 e. The maximum absolute atomic E-state index is 11.3. The van der Waals surface area contributed by atoms with Crippen molar-refractivity contribution in [3.05, 3.63) is 18.2 Å². The van der Waals surface area contributed by atoms with E-state index in [4.69, 9.17) is 20.2 Å². The van der Waals surface area contributed by atoms with Gasteiger partial charge in [0.15, 0.2) is 17.5 Å². The zero-order valence-electron chi connectivity index (χ0n) is 18.0. The Morgan fingerprint density at radius 2 is 1.97 bits per heavy atom. The number of likely N-dealkylation sites (tertiary alicyclic amines) is 1. The number of aliphatic imine (C=N–C) groups is 1. The minimum Gasteiger partial charge on any atom is -0.490 e. The van der Waals surface area contributed by atoms with Crippen molar-refractivity contribution in [2.45, 2.75) is 39.0 Å². The van der Waals surface area contributed by atoms with Gasteiger partial charge in [-0.2, -0.15) is 0 Å². The lowest BCUT2D eigenvalue weighted by atomic mass is 9.96. The highest BCUT2D eigenvalue weighted by atomic mass is 16.5. The van der Waals surface area contributed by atoms with Crippen molar-refractivity contribution in [2.75, 3.05) is 51.3 Å². The van der Waals surface area contributed by atoms with E-state index in [-0.39, 0.29) is 11.8 Å². The summed E-state index contributed by atoms with van der Waals surface area (Å²) in [6.07, 6.45) is 4.78. The number of rotatable bonds is 8. The molecule has 2 aliphatic rings. The number of carbonyl (C=O) groups is 1. The van der Waals surface area contributed by atoms with Crippen molar-refractivity contribution in [1.29, 1.82) is 0 Å². The van der Waals surface area contributed by atoms with Crippen LogP contribution in [0.25, 0.3) is 0 Å². The molecule has 1 saturated heterocycles. The number of hydrogen-bond acceptors (Lipinski definition) is 5. The van der Waals surface area contributed by atoms with Gasteiger partial charge in [0, 0.05) is 37.2 Å². The van der Waals surface area contributed by atoms with Gasteiger partial charge in [-0.05, 0) is 64.4 Å². The number of unbranched alkanes of at least 4 members (excludes halogenated alkanes) is 1. The molecule has 0 saturated carbocycles. The van der Waals surface area contributed by atoms with E-state index in [9.17, 15) is 4.79 Å². The van der Waals surface area contributed by atoms with Crippen LogP contribution in [0, 0.1) is 5.92 Å². The van der Waals surface area contributed by atoms with Crippen molar-refractivity contribution in [3.8, 4) is 11.5 Å². The highest BCUT2D eigenvalue weighted by molar-refractivity contribution is 5.93. The first-order chi connectivity index (χ1) is 14.7. The average molecular weight is 418 g/mol. The lowest BCUT2D eigenvalue weighted by Gasteiger charge is -2.30. The van der Waals surface area contributed by atoms with Gasteiger partial charge in [-0.25, -0.2) is 0 Å². The molecule has 1 aromatic rings. The molecule has 0 spiro atoms. The van der Waals surface area contributed by atoms with Crippen LogP contribution in [0.4, 0.5) is 5.69 Å². The van der Waals surface area contributed by atoms with Crippen LogP contribution >= 0.6 is 0 Å². The molecular formula is C22H35N5O3. The first kappa shape index (κ1) is 22.2. The molecule has 0 bridgehead atoms. The van der Waals surface area contributed by atoms with E-state index in [1.807, 2.05) is 18.2 Å². The standard InChI is InChI=1S/C22H35N5O3/c1-2-24-22(26-18-6-7-19-20(16-18)30-15-5-14-29-19)25-10-3-4-11-27-12-8-17(9-13-27)21(23)28/h6-7,16-17H,2-5,8-15H2,1H3,(H2,23,28)(H2,24,25,26). The van der Waals surface area contributed by atoms with E-state index in [0.717, 1.165) is 88.0 Å². The topological polar surface area (TPSA) is 101 Å². The van der Waals surface area contributed by atoms with Crippen molar-refractivity contribution in [3.63, 3.8) is 0 Å². The largest absolute Gasteiger partial charge is 0.490 e. The van der Waals surface area contributed by atoms with Crippen LogP contribution in [0.3, 0.4) is 0 Å². The summed E-state index contributed by atoms with van der Waals surface area (Å²) >= 11 is 0. The number of nitrogens with one attached hydrogen (secondary N) is 2. The Hall–Kier alpha value is -2.48. The summed E-state index contributed by atoms with van der Waals surface area (Å²) in [6, 6.07) is 5.88. The number of hydrogen-bond donors (Lipinski definition) is 3. The van der Waals surface area contributed by atoms with Crippen LogP contribution in [0.2, 0.25) is 0 Å². The molecule has 0 atom stereocenters. The van der Waals surface area contributed by atoms with Gasteiger partial charge in [-0.15, -0.1) is 0 Å². The number of fused-ring (bicyclic) bond motifs is 1. The third kappa shape index (κ3) is 6.79. The Balaban J connectivity index is 1.42. The number of nitrogens with two attached hydrogens (primary N) is 1. The van der Waals surface area contributed by atoms with Crippen LogP contribution in [0.5, 0.6) is 11.5 Å². The fraction of sp³-hybridized carbons (Fsp3) is 0.636. The van der Waals surface area contributed by atoms with Crippen molar-refractivity contribution >= 4 is 17.6 Å². The fourth-order valence-electron chi connectivity index (χ4n) is 3.76. The summed E-state index contributed by atoms with van der Waals surface area (Å²) in [6.45, 7) is 7.95. The minimum absolute atomic E-state index is 0.0598.